The highest BCUT2D eigenvalue weighted by Crippen LogP contribution is 2.44. The third-order valence-electron chi connectivity index (χ3n) is 10.9. The van der Waals surface area contributed by atoms with Crippen LogP contribution in [0.15, 0.2) is 49.1 Å². The lowest BCUT2D eigenvalue weighted by molar-refractivity contribution is 0.0165. The van der Waals surface area contributed by atoms with Gasteiger partial charge in [0.05, 0.1) is 11.9 Å². The fourth-order valence-corrected chi connectivity index (χ4v) is 8.23. The minimum Gasteiger partial charge on any atom is -0.444 e. The molecule has 1 amide bonds. The summed E-state index contributed by atoms with van der Waals surface area (Å²) < 4.78 is 38.1. The van der Waals surface area contributed by atoms with Crippen LogP contribution in [0, 0.1) is 5.92 Å². The largest absolute Gasteiger partial charge is 0.444 e. The van der Waals surface area contributed by atoms with Crippen molar-refractivity contribution < 1.29 is 23.1 Å². The molecule has 11 heteroatoms. The van der Waals surface area contributed by atoms with Crippen molar-refractivity contribution in [3.05, 3.63) is 65.7 Å². The summed E-state index contributed by atoms with van der Waals surface area (Å²) in [6.45, 7) is 12.5. The van der Waals surface area contributed by atoms with Gasteiger partial charge in [0.25, 0.3) is 6.43 Å². The zero-order valence-corrected chi connectivity index (χ0v) is 30.5. The van der Waals surface area contributed by atoms with Gasteiger partial charge in [0.1, 0.15) is 5.60 Å². The lowest BCUT2D eigenvalue weighted by atomic mass is 9.86. The first-order chi connectivity index (χ1) is 24.3. The third kappa shape index (κ3) is 7.54. The number of amides is 1. The Hall–Kier alpha value is -4.25. The number of carbonyl (C=O) groups excluding carboxylic acids is 2. The van der Waals surface area contributed by atoms with Gasteiger partial charge in [-0.1, -0.05) is 0 Å². The van der Waals surface area contributed by atoms with Crippen LogP contribution in [0.2, 0.25) is 0 Å². The minimum absolute atomic E-state index is 0.00485. The SMILES string of the molecule is CC(=O)n1cc2cc(C3CCN(CC4CCN(C(=O)OC(C)(C)C)CC4)CC3)cc(N3CCCc4cc(-c5cnn(C)c5)c(C(F)F)cc43)c2c1. The number of likely N-dealkylation sites (tertiary alicyclic amines) is 2. The summed E-state index contributed by atoms with van der Waals surface area (Å²) in [7, 11) is 1.79. The van der Waals surface area contributed by atoms with Crippen molar-refractivity contribution in [2.75, 3.05) is 44.2 Å². The Balaban J connectivity index is 1.11. The third-order valence-corrected chi connectivity index (χ3v) is 10.9. The van der Waals surface area contributed by atoms with Crippen LogP contribution in [0.3, 0.4) is 0 Å². The number of rotatable bonds is 6. The van der Waals surface area contributed by atoms with Gasteiger partial charge in [-0.2, -0.15) is 5.10 Å². The average Bonchev–Trinajstić information content (AvgIpc) is 3.73. The number of alkyl halides is 2. The van der Waals surface area contributed by atoms with Crippen molar-refractivity contribution in [3.63, 3.8) is 0 Å². The molecule has 2 saturated heterocycles. The van der Waals surface area contributed by atoms with Crippen LogP contribution < -0.4 is 4.90 Å². The van der Waals surface area contributed by atoms with Crippen LogP contribution in [0.5, 0.6) is 0 Å². The van der Waals surface area contributed by atoms with Gasteiger partial charge in [-0.15, -0.1) is 0 Å². The van der Waals surface area contributed by atoms with Gasteiger partial charge >= 0.3 is 6.09 Å². The Labute approximate surface area is 299 Å². The monoisotopic (exact) mass is 700 g/mol. The first kappa shape index (κ1) is 35.2. The molecule has 0 aliphatic carbocycles. The molecule has 0 atom stereocenters. The number of benzene rings is 2. The highest BCUT2D eigenvalue weighted by atomic mass is 19.3. The smallest absolute Gasteiger partial charge is 0.410 e. The van der Waals surface area contributed by atoms with E-state index in [4.69, 9.17) is 4.74 Å². The van der Waals surface area contributed by atoms with E-state index >= 15 is 0 Å². The Morgan fingerprint density at radius 2 is 1.69 bits per heavy atom. The minimum atomic E-state index is -2.64. The number of halogens is 2. The van der Waals surface area contributed by atoms with E-state index < -0.39 is 12.0 Å². The zero-order chi connectivity index (χ0) is 36.0. The maximum atomic E-state index is 14.6. The van der Waals surface area contributed by atoms with E-state index in [0.717, 1.165) is 99.0 Å². The first-order valence-electron chi connectivity index (χ1n) is 18.4. The highest BCUT2D eigenvalue weighted by Gasteiger charge is 2.31. The number of anilines is 2. The van der Waals surface area contributed by atoms with Crippen molar-refractivity contribution >= 4 is 34.1 Å². The van der Waals surface area contributed by atoms with Crippen LogP contribution >= 0.6 is 0 Å². The molecule has 51 heavy (non-hydrogen) atoms. The average molecular weight is 701 g/mol. The normalized spacial score (nSPS) is 18.1. The quantitative estimate of drug-likeness (QED) is 0.201. The molecule has 0 N–H and O–H groups in total. The summed E-state index contributed by atoms with van der Waals surface area (Å²) in [6, 6.07) is 8.09. The Morgan fingerprint density at radius 3 is 2.33 bits per heavy atom. The predicted molar refractivity (Wildman–Crippen MR) is 196 cm³/mol. The Bertz CT molecular complexity index is 1910. The van der Waals surface area contributed by atoms with E-state index in [1.165, 1.54) is 5.56 Å². The maximum absolute atomic E-state index is 14.6. The molecule has 0 unspecified atom stereocenters. The molecule has 272 valence electrons. The van der Waals surface area contributed by atoms with Crippen molar-refractivity contribution in [2.45, 2.75) is 84.2 Å². The lowest BCUT2D eigenvalue weighted by Gasteiger charge is -2.38. The Kier molecular flexibility index (Phi) is 9.69. The number of aromatic nitrogens is 3. The van der Waals surface area contributed by atoms with Crippen LogP contribution in [-0.2, 0) is 18.2 Å². The number of nitrogens with zero attached hydrogens (tertiary/aromatic N) is 6. The summed E-state index contributed by atoms with van der Waals surface area (Å²) in [4.78, 5) is 31.7. The van der Waals surface area contributed by atoms with E-state index in [1.54, 1.807) is 41.7 Å². The van der Waals surface area contributed by atoms with Crippen LogP contribution in [0.25, 0.3) is 21.9 Å². The highest BCUT2D eigenvalue weighted by molar-refractivity contribution is 5.99. The number of fused-ring (bicyclic) bond motifs is 2. The van der Waals surface area contributed by atoms with Crippen molar-refractivity contribution in [2.24, 2.45) is 13.0 Å². The fourth-order valence-electron chi connectivity index (χ4n) is 8.23. The van der Waals surface area contributed by atoms with E-state index in [9.17, 15) is 18.4 Å². The second-order valence-corrected chi connectivity index (χ2v) is 15.7. The zero-order valence-electron chi connectivity index (χ0n) is 30.5. The summed E-state index contributed by atoms with van der Waals surface area (Å²) in [5.41, 5.74) is 4.79. The van der Waals surface area contributed by atoms with Crippen molar-refractivity contribution in [3.8, 4) is 11.1 Å². The van der Waals surface area contributed by atoms with Crippen molar-refractivity contribution in [1.82, 2.24) is 24.1 Å². The molecular weight excluding hydrogens is 650 g/mol. The number of carbonyl (C=O) groups is 2. The van der Waals surface area contributed by atoms with Crippen LogP contribution in [0.4, 0.5) is 25.0 Å². The van der Waals surface area contributed by atoms with Crippen LogP contribution in [-0.4, -0.2) is 81.0 Å². The molecular formula is C40H50F2N6O3. The topological polar surface area (TPSA) is 75.8 Å². The number of piperidine rings is 2. The van der Waals surface area contributed by atoms with Crippen LogP contribution in [0.1, 0.15) is 93.6 Å². The van der Waals surface area contributed by atoms with Gasteiger partial charge in [-0.3, -0.25) is 14.0 Å². The molecule has 0 saturated carbocycles. The summed E-state index contributed by atoms with van der Waals surface area (Å²) in [6.07, 6.45) is 10.1. The Morgan fingerprint density at radius 1 is 0.941 bits per heavy atom. The number of hydrogen-bond acceptors (Lipinski definition) is 6. The summed E-state index contributed by atoms with van der Waals surface area (Å²) in [5.74, 6) is 0.850. The van der Waals surface area contributed by atoms with Gasteiger partial charge in [0.15, 0.2) is 0 Å². The molecule has 0 bridgehead atoms. The van der Waals surface area contributed by atoms with Gasteiger partial charge in [0, 0.05) is 86.3 Å². The molecule has 2 aromatic heterocycles. The predicted octanol–water partition coefficient (Wildman–Crippen LogP) is 8.55. The molecule has 2 fully saturated rings. The van der Waals surface area contributed by atoms with E-state index in [0.29, 0.717) is 29.5 Å². The maximum Gasteiger partial charge on any atom is 0.410 e. The fraction of sp³-hybridized carbons (Fsp3) is 0.525. The summed E-state index contributed by atoms with van der Waals surface area (Å²) in [5, 5.41) is 6.18. The molecule has 9 nitrogen and oxygen atoms in total. The van der Waals surface area contributed by atoms with Gasteiger partial charge < -0.3 is 19.4 Å². The second-order valence-electron chi connectivity index (χ2n) is 15.7. The number of aryl methyl sites for hydroxylation is 2. The van der Waals surface area contributed by atoms with Gasteiger partial charge in [0.2, 0.25) is 5.91 Å². The lowest BCUT2D eigenvalue weighted by Crippen LogP contribution is -2.44. The van der Waals surface area contributed by atoms with Crippen molar-refractivity contribution in [1.29, 1.82) is 0 Å². The first-order valence-corrected chi connectivity index (χ1v) is 18.4. The number of ether oxygens (including phenoxy) is 1. The standard InChI is InChI=1S/C40H50F2N6O3/c1-26(49)47-24-31-17-30(28-10-13-45(14-11-28)22-27-8-15-46(16-9-27)39(50)51-40(2,3)4)19-37(35(31)25-47)48-12-6-7-29-18-33(32-21-43-44(5)23-32)34(38(41)42)20-36(29)48/h17-21,23-25,27-28,38H,6-16,22H2,1-5H3. The second kappa shape index (κ2) is 14.1. The molecule has 0 radical (unpaired) electrons. The van der Waals surface area contributed by atoms with E-state index in [-0.39, 0.29) is 17.6 Å². The molecule has 2 aromatic carbocycles. The van der Waals surface area contributed by atoms with E-state index in [2.05, 4.69) is 27.0 Å². The number of hydrogen-bond donors (Lipinski definition) is 0. The summed E-state index contributed by atoms with van der Waals surface area (Å²) >= 11 is 0. The van der Waals surface area contributed by atoms with Gasteiger partial charge in [-0.25, -0.2) is 13.6 Å². The molecule has 3 aliphatic rings. The molecule has 4 aromatic rings. The molecule has 3 aliphatic heterocycles. The molecule has 7 rings (SSSR count). The van der Waals surface area contributed by atoms with E-state index in [1.807, 2.05) is 44.1 Å². The van der Waals surface area contributed by atoms with Gasteiger partial charge in [-0.05, 0) is 125 Å². The molecule has 5 heterocycles. The molecule has 0 spiro atoms.